The number of hydrogen-bond acceptors (Lipinski definition) is 5. The van der Waals surface area contributed by atoms with Crippen molar-refractivity contribution in [2.24, 2.45) is 0 Å². The first-order valence-corrected chi connectivity index (χ1v) is 7.10. The van der Waals surface area contributed by atoms with E-state index < -0.39 is 0 Å². The molecule has 0 aliphatic rings. The molecule has 100 valence electrons. The fourth-order valence-electron chi connectivity index (χ4n) is 1.73. The molecule has 20 heavy (non-hydrogen) atoms. The van der Waals surface area contributed by atoms with Crippen LogP contribution in [-0.2, 0) is 5.75 Å². The van der Waals surface area contributed by atoms with Gasteiger partial charge in [-0.15, -0.1) is 22.0 Å². The van der Waals surface area contributed by atoms with Crippen molar-refractivity contribution >= 4 is 11.8 Å². The summed E-state index contributed by atoms with van der Waals surface area (Å²) in [6, 6.07) is 16.8. The number of phenolic OH excluding ortho intramolecular Hbond substituents is 1. The topological polar surface area (TPSA) is 59.2 Å². The smallest absolute Gasteiger partial charge is 0.247 e. The van der Waals surface area contributed by atoms with Gasteiger partial charge in [0.05, 0.1) is 5.75 Å². The fourth-order valence-corrected chi connectivity index (χ4v) is 2.51. The van der Waals surface area contributed by atoms with Crippen LogP contribution in [0.5, 0.6) is 5.75 Å². The van der Waals surface area contributed by atoms with Crippen molar-refractivity contribution in [3.05, 3.63) is 60.5 Å². The zero-order valence-electron chi connectivity index (χ0n) is 10.6. The lowest BCUT2D eigenvalue weighted by atomic mass is 10.2. The lowest BCUT2D eigenvalue weighted by Gasteiger charge is -2.00. The van der Waals surface area contributed by atoms with Gasteiger partial charge in [0.25, 0.3) is 0 Å². The summed E-state index contributed by atoms with van der Waals surface area (Å²) < 4.78 is 5.61. The maximum Gasteiger partial charge on any atom is 0.247 e. The Labute approximate surface area is 120 Å². The number of thioether (sulfide) groups is 1. The molecule has 0 fully saturated rings. The average molecular weight is 284 g/mol. The van der Waals surface area contributed by atoms with Gasteiger partial charge in [-0.1, -0.05) is 30.3 Å². The van der Waals surface area contributed by atoms with Gasteiger partial charge in [0.15, 0.2) is 0 Å². The van der Waals surface area contributed by atoms with Crippen molar-refractivity contribution < 1.29 is 9.52 Å². The molecular weight excluding hydrogens is 272 g/mol. The maximum absolute atomic E-state index is 9.68. The number of benzene rings is 2. The van der Waals surface area contributed by atoms with E-state index in [0.717, 1.165) is 10.5 Å². The van der Waals surface area contributed by atoms with Crippen LogP contribution >= 0.6 is 11.8 Å². The van der Waals surface area contributed by atoms with E-state index in [4.69, 9.17) is 4.42 Å². The number of phenols is 1. The molecule has 0 aliphatic carbocycles. The summed E-state index contributed by atoms with van der Waals surface area (Å²) in [6.07, 6.45) is 0. The summed E-state index contributed by atoms with van der Waals surface area (Å²) in [5.74, 6) is 1.84. The fraction of sp³-hybridized carbons (Fsp3) is 0.0667. The average Bonchev–Trinajstić information content (AvgIpc) is 2.96. The van der Waals surface area contributed by atoms with E-state index in [2.05, 4.69) is 10.2 Å². The van der Waals surface area contributed by atoms with E-state index in [9.17, 15) is 5.11 Å². The molecule has 0 saturated carbocycles. The Morgan fingerprint density at radius 2 is 1.70 bits per heavy atom. The van der Waals surface area contributed by atoms with Crippen molar-refractivity contribution in [1.82, 2.24) is 10.2 Å². The first kappa shape index (κ1) is 12.7. The number of aromatic nitrogens is 2. The normalized spacial score (nSPS) is 10.6. The molecule has 2 aromatic carbocycles. The van der Waals surface area contributed by atoms with Gasteiger partial charge < -0.3 is 9.52 Å². The van der Waals surface area contributed by atoms with E-state index in [1.54, 1.807) is 12.1 Å². The Hall–Kier alpha value is -2.27. The molecule has 0 unspecified atom stereocenters. The van der Waals surface area contributed by atoms with Crippen molar-refractivity contribution in [3.8, 4) is 17.2 Å². The van der Waals surface area contributed by atoms with Gasteiger partial charge in [-0.2, -0.15) is 0 Å². The summed E-state index contributed by atoms with van der Waals surface area (Å²) in [5.41, 5.74) is 0.902. The van der Waals surface area contributed by atoms with Crippen LogP contribution in [0.4, 0.5) is 0 Å². The summed E-state index contributed by atoms with van der Waals surface area (Å²) in [6.45, 7) is 0. The highest BCUT2D eigenvalue weighted by atomic mass is 32.2. The molecule has 0 spiro atoms. The maximum atomic E-state index is 9.68. The Morgan fingerprint density at radius 1 is 0.950 bits per heavy atom. The molecule has 3 rings (SSSR count). The molecule has 0 bridgehead atoms. The molecule has 1 heterocycles. The van der Waals surface area contributed by atoms with Crippen molar-refractivity contribution in [1.29, 1.82) is 0 Å². The summed E-state index contributed by atoms with van der Waals surface area (Å²) in [5, 5.41) is 17.7. The standard InChI is InChI=1S/C15H12N2O2S/c18-12-8-4-5-9-13(12)20-10-14-16-17-15(19-14)11-6-2-1-3-7-11/h1-9,18H,10H2. The Morgan fingerprint density at radius 3 is 2.50 bits per heavy atom. The van der Waals surface area contributed by atoms with E-state index in [-0.39, 0.29) is 5.75 Å². The third-order valence-electron chi connectivity index (χ3n) is 2.70. The minimum atomic E-state index is 0.264. The third-order valence-corrected chi connectivity index (χ3v) is 3.75. The van der Waals surface area contributed by atoms with Gasteiger partial charge in [0.2, 0.25) is 11.8 Å². The molecule has 3 aromatic rings. The van der Waals surface area contributed by atoms with Crippen molar-refractivity contribution in [2.45, 2.75) is 10.6 Å². The first-order chi connectivity index (χ1) is 9.83. The van der Waals surface area contributed by atoms with Gasteiger partial charge in [0.1, 0.15) is 5.75 Å². The van der Waals surface area contributed by atoms with Crippen molar-refractivity contribution in [3.63, 3.8) is 0 Å². The zero-order chi connectivity index (χ0) is 13.8. The predicted octanol–water partition coefficient (Wildman–Crippen LogP) is 3.73. The Balaban J connectivity index is 1.71. The number of rotatable bonds is 4. The second kappa shape index (κ2) is 5.79. The summed E-state index contributed by atoms with van der Waals surface area (Å²) >= 11 is 1.46. The molecule has 4 nitrogen and oxygen atoms in total. The van der Waals surface area contributed by atoms with Gasteiger partial charge in [-0.25, -0.2) is 0 Å². The van der Waals surface area contributed by atoms with Crippen LogP contribution in [0, 0.1) is 0 Å². The molecular formula is C15H12N2O2S. The number of nitrogens with zero attached hydrogens (tertiary/aromatic N) is 2. The Kier molecular flexibility index (Phi) is 3.69. The lowest BCUT2D eigenvalue weighted by molar-refractivity contribution is 0.462. The summed E-state index contributed by atoms with van der Waals surface area (Å²) in [4.78, 5) is 0.798. The second-order valence-corrected chi connectivity index (χ2v) is 5.14. The zero-order valence-corrected chi connectivity index (χ0v) is 11.4. The van der Waals surface area contributed by atoms with E-state index in [1.165, 1.54) is 11.8 Å². The Bertz CT molecular complexity index is 698. The SMILES string of the molecule is Oc1ccccc1SCc1nnc(-c2ccccc2)o1. The number of hydrogen-bond donors (Lipinski definition) is 1. The van der Waals surface area contributed by atoms with Gasteiger partial charge in [-0.3, -0.25) is 0 Å². The quantitative estimate of drug-likeness (QED) is 0.740. The molecule has 1 N–H and O–H groups in total. The van der Waals surface area contributed by atoms with Crippen LogP contribution in [0.15, 0.2) is 63.9 Å². The summed E-state index contributed by atoms with van der Waals surface area (Å²) in [7, 11) is 0. The molecule has 0 amide bonds. The first-order valence-electron chi connectivity index (χ1n) is 6.11. The molecule has 0 radical (unpaired) electrons. The van der Waals surface area contributed by atoms with Gasteiger partial charge in [0, 0.05) is 10.5 Å². The molecule has 0 aliphatic heterocycles. The van der Waals surface area contributed by atoms with E-state index in [1.807, 2.05) is 42.5 Å². The highest BCUT2D eigenvalue weighted by Gasteiger charge is 2.09. The van der Waals surface area contributed by atoms with E-state index in [0.29, 0.717) is 17.5 Å². The third kappa shape index (κ3) is 2.83. The van der Waals surface area contributed by atoms with Crippen molar-refractivity contribution in [2.75, 3.05) is 0 Å². The van der Waals surface area contributed by atoms with E-state index >= 15 is 0 Å². The molecule has 0 saturated heterocycles. The predicted molar refractivity (Wildman–Crippen MR) is 77.4 cm³/mol. The van der Waals surface area contributed by atoms with Gasteiger partial charge >= 0.3 is 0 Å². The molecule has 0 atom stereocenters. The lowest BCUT2D eigenvalue weighted by Crippen LogP contribution is -1.80. The van der Waals surface area contributed by atoms with Crippen LogP contribution in [0.25, 0.3) is 11.5 Å². The van der Waals surface area contributed by atoms with Crippen LogP contribution in [0.2, 0.25) is 0 Å². The second-order valence-electron chi connectivity index (χ2n) is 4.12. The molecule has 5 heteroatoms. The highest BCUT2D eigenvalue weighted by molar-refractivity contribution is 7.98. The minimum absolute atomic E-state index is 0.264. The van der Waals surface area contributed by atoms with Crippen LogP contribution in [0.3, 0.4) is 0 Å². The monoisotopic (exact) mass is 284 g/mol. The van der Waals surface area contributed by atoms with Crippen LogP contribution in [0.1, 0.15) is 5.89 Å². The number of para-hydroxylation sites is 1. The minimum Gasteiger partial charge on any atom is -0.507 e. The number of aromatic hydroxyl groups is 1. The van der Waals surface area contributed by atoms with Crippen LogP contribution in [-0.4, -0.2) is 15.3 Å². The van der Waals surface area contributed by atoms with Crippen LogP contribution < -0.4 is 0 Å². The largest absolute Gasteiger partial charge is 0.507 e. The molecule has 1 aromatic heterocycles. The highest BCUT2D eigenvalue weighted by Crippen LogP contribution is 2.30. The van der Waals surface area contributed by atoms with Gasteiger partial charge in [-0.05, 0) is 24.3 Å².